The Labute approximate surface area is 112 Å². The Kier molecular flexibility index (Phi) is 6.08. The SMILES string of the molecule is CCCNc1cc(OC(C)COC)cc([N+](=O)[O-])c1. The molecule has 0 spiro atoms. The molecule has 0 amide bonds. The molecule has 1 aromatic carbocycles. The highest BCUT2D eigenvalue weighted by molar-refractivity contribution is 5.56. The van der Waals surface area contributed by atoms with Crippen LogP contribution in [0.5, 0.6) is 5.75 Å². The molecular weight excluding hydrogens is 248 g/mol. The molecule has 0 saturated heterocycles. The van der Waals surface area contributed by atoms with E-state index in [1.807, 2.05) is 13.8 Å². The highest BCUT2D eigenvalue weighted by Crippen LogP contribution is 2.26. The molecule has 1 unspecified atom stereocenters. The lowest BCUT2D eigenvalue weighted by molar-refractivity contribution is -0.384. The maximum absolute atomic E-state index is 10.9. The number of nitro groups is 1. The molecule has 0 bridgehead atoms. The van der Waals surface area contributed by atoms with Gasteiger partial charge in [0, 0.05) is 31.5 Å². The van der Waals surface area contributed by atoms with Crippen molar-refractivity contribution < 1.29 is 14.4 Å². The molecule has 0 aliphatic heterocycles. The van der Waals surface area contributed by atoms with Crippen LogP contribution >= 0.6 is 0 Å². The fourth-order valence-corrected chi connectivity index (χ4v) is 1.63. The molecule has 0 aromatic heterocycles. The van der Waals surface area contributed by atoms with Crippen LogP contribution in [0, 0.1) is 10.1 Å². The molecule has 19 heavy (non-hydrogen) atoms. The van der Waals surface area contributed by atoms with Gasteiger partial charge in [-0.05, 0) is 13.3 Å². The zero-order valence-electron chi connectivity index (χ0n) is 11.5. The Morgan fingerprint density at radius 2 is 2.16 bits per heavy atom. The van der Waals surface area contributed by atoms with Crippen molar-refractivity contribution in [2.75, 3.05) is 25.6 Å². The summed E-state index contributed by atoms with van der Waals surface area (Å²) in [5.41, 5.74) is 0.705. The minimum Gasteiger partial charge on any atom is -0.488 e. The van der Waals surface area contributed by atoms with Crippen molar-refractivity contribution in [3.8, 4) is 5.75 Å². The minimum absolute atomic E-state index is 0.0146. The molecule has 0 heterocycles. The summed E-state index contributed by atoms with van der Waals surface area (Å²) in [6.45, 7) is 5.07. The van der Waals surface area contributed by atoms with Crippen molar-refractivity contribution in [2.45, 2.75) is 26.4 Å². The normalized spacial score (nSPS) is 11.9. The Hall–Kier alpha value is -1.82. The Morgan fingerprint density at radius 3 is 2.74 bits per heavy atom. The van der Waals surface area contributed by atoms with Gasteiger partial charge < -0.3 is 14.8 Å². The first-order valence-electron chi connectivity index (χ1n) is 6.25. The summed E-state index contributed by atoms with van der Waals surface area (Å²) in [6, 6.07) is 4.68. The summed E-state index contributed by atoms with van der Waals surface area (Å²) in [5.74, 6) is 0.470. The van der Waals surface area contributed by atoms with E-state index in [-0.39, 0.29) is 11.8 Å². The maximum Gasteiger partial charge on any atom is 0.275 e. The Morgan fingerprint density at radius 1 is 1.42 bits per heavy atom. The summed E-state index contributed by atoms with van der Waals surface area (Å²) in [6.07, 6.45) is 0.782. The zero-order valence-corrected chi connectivity index (χ0v) is 11.5. The van der Waals surface area contributed by atoms with E-state index in [1.165, 1.54) is 12.1 Å². The zero-order chi connectivity index (χ0) is 14.3. The second-order valence-corrected chi connectivity index (χ2v) is 4.28. The molecule has 0 radical (unpaired) electrons. The van der Waals surface area contributed by atoms with Gasteiger partial charge in [-0.25, -0.2) is 0 Å². The largest absolute Gasteiger partial charge is 0.488 e. The predicted octanol–water partition coefficient (Wildman–Crippen LogP) is 2.83. The number of nitro benzene ring substituents is 1. The number of rotatable bonds is 8. The lowest BCUT2D eigenvalue weighted by Crippen LogP contribution is -2.18. The Balaban J connectivity index is 2.89. The lowest BCUT2D eigenvalue weighted by Gasteiger charge is -2.14. The maximum atomic E-state index is 10.9. The van der Waals surface area contributed by atoms with E-state index in [0.717, 1.165) is 13.0 Å². The summed E-state index contributed by atoms with van der Waals surface area (Å²) >= 11 is 0. The van der Waals surface area contributed by atoms with Crippen molar-refractivity contribution in [1.82, 2.24) is 0 Å². The van der Waals surface area contributed by atoms with Gasteiger partial charge in [-0.1, -0.05) is 6.92 Å². The molecular formula is C13H20N2O4. The van der Waals surface area contributed by atoms with Gasteiger partial charge in [0.05, 0.1) is 17.6 Å². The third kappa shape index (κ3) is 5.13. The van der Waals surface area contributed by atoms with E-state index in [9.17, 15) is 10.1 Å². The van der Waals surface area contributed by atoms with Crippen LogP contribution in [0.1, 0.15) is 20.3 Å². The van der Waals surface area contributed by atoms with Crippen molar-refractivity contribution in [2.24, 2.45) is 0 Å². The molecule has 1 N–H and O–H groups in total. The number of non-ortho nitro benzene ring substituents is 1. The summed E-state index contributed by atoms with van der Waals surface area (Å²) in [5, 5.41) is 14.0. The van der Waals surface area contributed by atoms with Crippen molar-refractivity contribution >= 4 is 11.4 Å². The highest BCUT2D eigenvalue weighted by atomic mass is 16.6. The van der Waals surface area contributed by atoms with Gasteiger partial charge >= 0.3 is 0 Å². The number of hydrogen-bond donors (Lipinski definition) is 1. The smallest absolute Gasteiger partial charge is 0.275 e. The molecule has 6 nitrogen and oxygen atoms in total. The van der Waals surface area contributed by atoms with Crippen LogP contribution in [0.15, 0.2) is 18.2 Å². The van der Waals surface area contributed by atoms with Crippen molar-refractivity contribution in [3.05, 3.63) is 28.3 Å². The number of hydrogen-bond acceptors (Lipinski definition) is 5. The molecule has 0 saturated carbocycles. The van der Waals surface area contributed by atoms with Crippen molar-refractivity contribution in [3.63, 3.8) is 0 Å². The summed E-state index contributed by atoms with van der Waals surface area (Å²) in [7, 11) is 1.58. The summed E-state index contributed by atoms with van der Waals surface area (Å²) in [4.78, 5) is 10.5. The molecule has 1 aromatic rings. The van der Waals surface area contributed by atoms with Gasteiger partial charge in [-0.15, -0.1) is 0 Å². The second kappa shape index (κ2) is 7.58. The Bertz CT molecular complexity index is 423. The van der Waals surface area contributed by atoms with E-state index in [4.69, 9.17) is 9.47 Å². The topological polar surface area (TPSA) is 73.6 Å². The summed E-state index contributed by atoms with van der Waals surface area (Å²) < 4.78 is 10.6. The van der Waals surface area contributed by atoms with Gasteiger partial charge in [0.2, 0.25) is 0 Å². The van der Waals surface area contributed by atoms with Crippen LogP contribution in [0.2, 0.25) is 0 Å². The first-order valence-corrected chi connectivity index (χ1v) is 6.25. The van der Waals surface area contributed by atoms with Gasteiger partial charge in [0.15, 0.2) is 0 Å². The van der Waals surface area contributed by atoms with Gasteiger partial charge in [0.1, 0.15) is 11.9 Å². The molecule has 1 atom stereocenters. The van der Waals surface area contributed by atoms with E-state index in [2.05, 4.69) is 5.32 Å². The van der Waals surface area contributed by atoms with Crippen LogP contribution < -0.4 is 10.1 Å². The number of nitrogens with zero attached hydrogens (tertiary/aromatic N) is 1. The fraction of sp³-hybridized carbons (Fsp3) is 0.538. The van der Waals surface area contributed by atoms with Crippen LogP contribution in [0.25, 0.3) is 0 Å². The predicted molar refractivity (Wildman–Crippen MR) is 73.8 cm³/mol. The highest BCUT2D eigenvalue weighted by Gasteiger charge is 2.12. The number of methoxy groups -OCH3 is 1. The van der Waals surface area contributed by atoms with Crippen LogP contribution in [-0.4, -0.2) is 31.3 Å². The van der Waals surface area contributed by atoms with Gasteiger partial charge in [-0.2, -0.15) is 0 Å². The van der Waals surface area contributed by atoms with E-state index < -0.39 is 4.92 Å². The quantitative estimate of drug-likeness (QED) is 0.579. The van der Waals surface area contributed by atoms with Gasteiger partial charge in [0.25, 0.3) is 5.69 Å². The van der Waals surface area contributed by atoms with Crippen molar-refractivity contribution in [1.29, 1.82) is 0 Å². The van der Waals surface area contributed by atoms with E-state index in [1.54, 1.807) is 13.2 Å². The second-order valence-electron chi connectivity index (χ2n) is 4.28. The third-order valence-electron chi connectivity index (χ3n) is 2.42. The lowest BCUT2D eigenvalue weighted by atomic mass is 10.2. The van der Waals surface area contributed by atoms with Gasteiger partial charge in [-0.3, -0.25) is 10.1 Å². The van der Waals surface area contributed by atoms with Crippen LogP contribution in [-0.2, 0) is 4.74 Å². The third-order valence-corrected chi connectivity index (χ3v) is 2.42. The number of ether oxygens (including phenoxy) is 2. The molecule has 0 aliphatic rings. The first kappa shape index (κ1) is 15.2. The number of anilines is 1. The minimum atomic E-state index is -0.426. The fourth-order valence-electron chi connectivity index (χ4n) is 1.63. The first-order chi connectivity index (χ1) is 9.06. The van der Waals surface area contributed by atoms with Crippen LogP contribution in [0.4, 0.5) is 11.4 Å². The average molecular weight is 268 g/mol. The molecule has 6 heteroatoms. The molecule has 1 rings (SSSR count). The monoisotopic (exact) mass is 268 g/mol. The molecule has 0 fully saturated rings. The van der Waals surface area contributed by atoms with Crippen LogP contribution in [0.3, 0.4) is 0 Å². The van der Waals surface area contributed by atoms with E-state index in [0.29, 0.717) is 18.0 Å². The van der Waals surface area contributed by atoms with E-state index >= 15 is 0 Å². The average Bonchev–Trinajstić information content (AvgIpc) is 2.36. The standard InChI is InChI=1S/C13H20N2O4/c1-4-5-14-11-6-12(15(16)17)8-13(7-11)19-10(2)9-18-3/h6-8,10,14H,4-5,9H2,1-3H3. The molecule has 106 valence electrons. The molecule has 0 aliphatic carbocycles. The number of nitrogens with one attached hydrogen (secondary N) is 1. The number of benzene rings is 1.